The largest absolute Gasteiger partial charge is 0.266 e. The van der Waals surface area contributed by atoms with Gasteiger partial charge in [-0.1, -0.05) is 6.07 Å². The van der Waals surface area contributed by atoms with Crippen molar-refractivity contribution in [3.8, 4) is 0 Å². The summed E-state index contributed by atoms with van der Waals surface area (Å²) in [5, 5.41) is 0.871. The molecule has 13 heavy (non-hydrogen) atoms. The fraction of sp³-hybridized carbons (Fsp3) is 0.222. The third-order valence-corrected chi connectivity index (χ3v) is 2.28. The van der Waals surface area contributed by atoms with E-state index in [0.29, 0.717) is 12.2 Å². The van der Waals surface area contributed by atoms with Crippen molar-refractivity contribution in [1.29, 1.82) is 0 Å². The van der Waals surface area contributed by atoms with E-state index in [1.165, 1.54) is 11.8 Å². The van der Waals surface area contributed by atoms with E-state index in [2.05, 4.69) is 4.98 Å². The van der Waals surface area contributed by atoms with Gasteiger partial charge in [0, 0.05) is 11.9 Å². The molecule has 0 aliphatic heterocycles. The van der Waals surface area contributed by atoms with E-state index in [1.807, 2.05) is 18.2 Å². The smallest absolute Gasteiger partial charge is 0.250 e. The zero-order chi connectivity index (χ0) is 9.52. The molecule has 1 nitrogen and oxygen atoms in total. The van der Waals surface area contributed by atoms with Crippen LogP contribution in [0.1, 0.15) is 6.42 Å². The van der Waals surface area contributed by atoms with Gasteiger partial charge in [-0.25, -0.2) is 4.98 Å². The van der Waals surface area contributed by atoms with Gasteiger partial charge in [-0.15, -0.1) is 11.8 Å². The monoisotopic (exact) mass is 201 g/mol. The number of rotatable bonds is 4. The van der Waals surface area contributed by atoms with E-state index in [-0.39, 0.29) is 0 Å². The molecule has 4 heteroatoms. The minimum absolute atomic E-state index is 0.379. The molecule has 1 aromatic rings. The number of aromatic nitrogens is 1. The summed E-state index contributed by atoms with van der Waals surface area (Å²) in [5.74, 6) is 0.633. The average molecular weight is 201 g/mol. The molecule has 0 aromatic carbocycles. The van der Waals surface area contributed by atoms with E-state index in [9.17, 15) is 8.78 Å². The van der Waals surface area contributed by atoms with Gasteiger partial charge >= 0.3 is 0 Å². The summed E-state index contributed by atoms with van der Waals surface area (Å²) >= 11 is 1.47. The summed E-state index contributed by atoms with van der Waals surface area (Å²) in [7, 11) is 0. The van der Waals surface area contributed by atoms with Gasteiger partial charge in [-0.05, 0) is 24.6 Å². The summed E-state index contributed by atoms with van der Waals surface area (Å²) in [6.45, 7) is 0. The molecule has 0 radical (unpaired) electrons. The Labute approximate surface area is 79.9 Å². The molecule has 0 spiro atoms. The van der Waals surface area contributed by atoms with Crippen molar-refractivity contribution in [3.63, 3.8) is 0 Å². The second-order valence-electron chi connectivity index (χ2n) is 2.30. The number of thioether (sulfide) groups is 1. The molecular weight excluding hydrogens is 192 g/mol. The maximum Gasteiger partial charge on any atom is 0.266 e. The Morgan fingerprint density at radius 1 is 1.46 bits per heavy atom. The van der Waals surface area contributed by atoms with E-state index in [0.717, 1.165) is 11.1 Å². The van der Waals surface area contributed by atoms with Crippen LogP contribution in [0.5, 0.6) is 0 Å². The summed E-state index contributed by atoms with van der Waals surface area (Å²) in [6, 6.07) is 5.56. The quantitative estimate of drug-likeness (QED) is 0.547. The molecule has 0 atom stereocenters. The lowest BCUT2D eigenvalue weighted by Gasteiger charge is -1.96. The third-order valence-electron chi connectivity index (χ3n) is 1.30. The molecule has 1 aromatic heterocycles. The van der Waals surface area contributed by atoms with Gasteiger partial charge in [0.2, 0.25) is 0 Å². The highest BCUT2D eigenvalue weighted by Gasteiger charge is 1.93. The second-order valence-corrected chi connectivity index (χ2v) is 3.41. The molecule has 0 aliphatic rings. The Morgan fingerprint density at radius 3 is 2.92 bits per heavy atom. The van der Waals surface area contributed by atoms with Gasteiger partial charge in [0.15, 0.2) is 0 Å². The zero-order valence-corrected chi connectivity index (χ0v) is 7.73. The van der Waals surface area contributed by atoms with Crippen LogP contribution in [0.4, 0.5) is 8.78 Å². The molecular formula is C9H9F2NS. The average Bonchev–Trinajstić information content (AvgIpc) is 2.14. The van der Waals surface area contributed by atoms with E-state index in [1.54, 1.807) is 6.20 Å². The first-order valence-electron chi connectivity index (χ1n) is 3.84. The first-order valence-corrected chi connectivity index (χ1v) is 4.82. The molecule has 0 saturated carbocycles. The minimum Gasteiger partial charge on any atom is -0.250 e. The van der Waals surface area contributed by atoms with Gasteiger partial charge in [-0.2, -0.15) is 8.78 Å². The Kier molecular flexibility index (Phi) is 4.46. The van der Waals surface area contributed by atoms with Crippen molar-refractivity contribution >= 4 is 11.8 Å². The summed E-state index contributed by atoms with van der Waals surface area (Å²) in [6.07, 6.45) is 1.38. The summed E-state index contributed by atoms with van der Waals surface area (Å²) in [4.78, 5) is 4.05. The van der Waals surface area contributed by atoms with Crippen LogP contribution in [0, 0.1) is 0 Å². The van der Waals surface area contributed by atoms with Gasteiger partial charge in [0.25, 0.3) is 6.08 Å². The van der Waals surface area contributed by atoms with Crippen molar-refractivity contribution in [1.82, 2.24) is 4.98 Å². The van der Waals surface area contributed by atoms with Crippen molar-refractivity contribution in [3.05, 3.63) is 36.6 Å². The van der Waals surface area contributed by atoms with Gasteiger partial charge in [0.05, 0.1) is 5.03 Å². The SMILES string of the molecule is FC(F)=CCCSc1ccccn1. The van der Waals surface area contributed by atoms with Crippen LogP contribution in [0.15, 0.2) is 41.6 Å². The van der Waals surface area contributed by atoms with Crippen molar-refractivity contribution in [2.45, 2.75) is 11.4 Å². The summed E-state index contributed by atoms with van der Waals surface area (Å²) in [5.41, 5.74) is 0. The van der Waals surface area contributed by atoms with Crippen molar-refractivity contribution in [2.75, 3.05) is 5.75 Å². The van der Waals surface area contributed by atoms with Gasteiger partial charge in [-0.3, -0.25) is 0 Å². The van der Waals surface area contributed by atoms with E-state index >= 15 is 0 Å². The highest BCUT2D eigenvalue weighted by Crippen LogP contribution is 2.15. The first-order chi connectivity index (χ1) is 6.29. The highest BCUT2D eigenvalue weighted by atomic mass is 32.2. The van der Waals surface area contributed by atoms with E-state index < -0.39 is 6.08 Å². The van der Waals surface area contributed by atoms with Crippen LogP contribution in [-0.4, -0.2) is 10.7 Å². The topological polar surface area (TPSA) is 12.9 Å². The van der Waals surface area contributed by atoms with Crippen molar-refractivity contribution < 1.29 is 8.78 Å². The highest BCUT2D eigenvalue weighted by molar-refractivity contribution is 7.99. The predicted octanol–water partition coefficient (Wildman–Crippen LogP) is 3.34. The zero-order valence-electron chi connectivity index (χ0n) is 6.91. The lowest BCUT2D eigenvalue weighted by molar-refractivity contribution is 0.418. The molecule has 0 unspecified atom stereocenters. The minimum atomic E-state index is -1.61. The van der Waals surface area contributed by atoms with Crippen LogP contribution >= 0.6 is 11.8 Å². The summed E-state index contributed by atoms with van der Waals surface area (Å²) < 4.78 is 23.2. The molecule has 0 fully saturated rings. The molecule has 1 heterocycles. The van der Waals surface area contributed by atoms with Gasteiger partial charge < -0.3 is 0 Å². The Bertz CT molecular complexity index is 270. The van der Waals surface area contributed by atoms with Crippen LogP contribution in [0.2, 0.25) is 0 Å². The number of pyridine rings is 1. The molecule has 70 valence electrons. The lowest BCUT2D eigenvalue weighted by Crippen LogP contribution is -1.80. The fourth-order valence-corrected chi connectivity index (χ4v) is 1.52. The number of nitrogens with zero attached hydrogens (tertiary/aromatic N) is 1. The molecule has 0 saturated heterocycles. The Balaban J connectivity index is 2.25. The van der Waals surface area contributed by atoms with Crippen molar-refractivity contribution in [2.24, 2.45) is 0 Å². The molecule has 1 rings (SSSR count). The van der Waals surface area contributed by atoms with Crippen LogP contribution < -0.4 is 0 Å². The third kappa shape index (κ3) is 4.62. The normalized spacial score (nSPS) is 9.69. The molecule has 0 bridgehead atoms. The maximum absolute atomic E-state index is 11.6. The predicted molar refractivity (Wildman–Crippen MR) is 49.9 cm³/mol. The number of halogens is 2. The Hall–Kier alpha value is -0.900. The standard InChI is InChI=1S/C9H9F2NS/c10-8(11)4-3-7-13-9-5-1-2-6-12-9/h1-2,4-6H,3,7H2. The Morgan fingerprint density at radius 2 is 2.31 bits per heavy atom. The molecule has 0 amide bonds. The molecule has 0 N–H and O–H groups in total. The number of hydrogen-bond donors (Lipinski definition) is 0. The molecule has 0 aliphatic carbocycles. The second kappa shape index (κ2) is 5.70. The maximum atomic E-state index is 11.6. The van der Waals surface area contributed by atoms with Crippen LogP contribution in [-0.2, 0) is 0 Å². The number of allylic oxidation sites excluding steroid dienone is 1. The number of hydrogen-bond acceptors (Lipinski definition) is 2. The van der Waals surface area contributed by atoms with Crippen LogP contribution in [0.3, 0.4) is 0 Å². The lowest BCUT2D eigenvalue weighted by atomic mass is 10.5. The van der Waals surface area contributed by atoms with E-state index in [4.69, 9.17) is 0 Å². The fourth-order valence-electron chi connectivity index (χ4n) is 0.764. The van der Waals surface area contributed by atoms with Crippen LogP contribution in [0.25, 0.3) is 0 Å². The van der Waals surface area contributed by atoms with Gasteiger partial charge in [0.1, 0.15) is 0 Å². The first kappa shape index (κ1) is 10.2.